The van der Waals surface area contributed by atoms with Crippen LogP contribution in [0.25, 0.3) is 0 Å². The Bertz CT molecular complexity index is 402. The fourth-order valence-electron chi connectivity index (χ4n) is 2.53. The van der Waals surface area contributed by atoms with E-state index in [0.29, 0.717) is 23.9 Å². The van der Waals surface area contributed by atoms with Crippen LogP contribution < -0.4 is 5.32 Å². The van der Waals surface area contributed by atoms with Crippen molar-refractivity contribution in [1.82, 2.24) is 14.3 Å². The highest BCUT2D eigenvalue weighted by Gasteiger charge is 2.31. The van der Waals surface area contributed by atoms with Gasteiger partial charge in [0.05, 0.1) is 0 Å². The van der Waals surface area contributed by atoms with Crippen molar-refractivity contribution in [2.75, 3.05) is 18.4 Å². The lowest BCUT2D eigenvalue weighted by molar-refractivity contribution is 0.267. The smallest absolute Gasteiger partial charge is 0.202 e. The number of anilines is 1. The van der Waals surface area contributed by atoms with E-state index in [1.54, 1.807) is 0 Å². The van der Waals surface area contributed by atoms with E-state index in [9.17, 15) is 0 Å². The number of nitrogens with one attached hydrogen (secondary N) is 1. The molecule has 19 heavy (non-hydrogen) atoms. The molecule has 0 aromatic carbocycles. The topological polar surface area (TPSA) is 41.1 Å². The molecule has 2 unspecified atom stereocenters. The van der Waals surface area contributed by atoms with Crippen molar-refractivity contribution in [1.29, 1.82) is 0 Å². The first kappa shape index (κ1) is 14.7. The van der Waals surface area contributed by atoms with Crippen molar-refractivity contribution in [3.63, 3.8) is 0 Å². The lowest BCUT2D eigenvalue weighted by Crippen LogP contribution is -2.31. The van der Waals surface area contributed by atoms with E-state index in [-0.39, 0.29) is 0 Å². The summed E-state index contributed by atoms with van der Waals surface area (Å²) in [7, 11) is 0. The van der Waals surface area contributed by atoms with Gasteiger partial charge in [0.25, 0.3) is 0 Å². The Hall–Kier alpha value is -0.680. The summed E-state index contributed by atoms with van der Waals surface area (Å²) >= 11 is 1.50. The average molecular weight is 282 g/mol. The summed E-state index contributed by atoms with van der Waals surface area (Å²) in [6.45, 7) is 13.5. The molecule has 0 radical (unpaired) electrons. The summed E-state index contributed by atoms with van der Waals surface area (Å²) in [5, 5.41) is 4.56. The van der Waals surface area contributed by atoms with Crippen LogP contribution in [-0.4, -0.2) is 39.4 Å². The standard InChI is InChI=1S/C14H26N4S/c1-9(2)6-13-16-14(19-17-13)15-12-8-18(10(3)4)7-11(12)5/h9-12H,6-8H2,1-5H3,(H,15,16,17). The van der Waals surface area contributed by atoms with Crippen molar-refractivity contribution < 1.29 is 0 Å². The molecule has 0 aliphatic carbocycles. The minimum Gasteiger partial charge on any atom is -0.356 e. The molecule has 0 amide bonds. The molecule has 1 aromatic heterocycles. The maximum atomic E-state index is 4.60. The summed E-state index contributed by atoms with van der Waals surface area (Å²) in [5.74, 6) is 2.26. The van der Waals surface area contributed by atoms with Crippen LogP contribution in [0.15, 0.2) is 0 Å². The zero-order valence-corrected chi connectivity index (χ0v) is 13.5. The van der Waals surface area contributed by atoms with Crippen LogP contribution in [0.3, 0.4) is 0 Å². The second-order valence-electron chi connectivity index (χ2n) is 6.39. The molecule has 0 bridgehead atoms. The van der Waals surface area contributed by atoms with E-state index in [1.807, 2.05) is 0 Å². The van der Waals surface area contributed by atoms with Gasteiger partial charge in [-0.05, 0) is 25.7 Å². The molecule has 1 N–H and O–H groups in total. The van der Waals surface area contributed by atoms with Crippen LogP contribution >= 0.6 is 11.5 Å². The summed E-state index contributed by atoms with van der Waals surface area (Å²) in [6.07, 6.45) is 0.969. The van der Waals surface area contributed by atoms with E-state index in [0.717, 1.165) is 23.9 Å². The molecule has 2 atom stereocenters. The number of nitrogens with zero attached hydrogens (tertiary/aromatic N) is 3. The second-order valence-corrected chi connectivity index (χ2v) is 7.14. The molecule has 1 aliphatic rings. The molecule has 2 heterocycles. The highest BCUT2D eigenvalue weighted by atomic mass is 32.1. The van der Waals surface area contributed by atoms with Gasteiger partial charge in [0.15, 0.2) is 0 Å². The van der Waals surface area contributed by atoms with Gasteiger partial charge in [-0.25, -0.2) is 4.98 Å². The Labute approximate surface area is 120 Å². The Kier molecular flexibility index (Phi) is 4.79. The van der Waals surface area contributed by atoms with Gasteiger partial charge in [-0.2, -0.15) is 4.37 Å². The van der Waals surface area contributed by atoms with Crippen LogP contribution in [0.1, 0.15) is 40.4 Å². The SMILES string of the molecule is CC(C)Cc1nsc(NC2CN(C(C)C)CC2C)n1. The van der Waals surface area contributed by atoms with Gasteiger partial charge in [-0.1, -0.05) is 20.8 Å². The van der Waals surface area contributed by atoms with Crippen molar-refractivity contribution in [2.24, 2.45) is 11.8 Å². The molecule has 1 saturated heterocycles. The maximum Gasteiger partial charge on any atom is 0.202 e. The first-order valence-corrected chi connectivity index (χ1v) is 8.06. The lowest BCUT2D eigenvalue weighted by Gasteiger charge is -2.20. The molecule has 2 rings (SSSR count). The fraction of sp³-hybridized carbons (Fsp3) is 0.857. The molecule has 4 nitrogen and oxygen atoms in total. The fourth-order valence-corrected chi connectivity index (χ4v) is 3.19. The van der Waals surface area contributed by atoms with Gasteiger partial charge in [0, 0.05) is 43.1 Å². The maximum absolute atomic E-state index is 4.60. The molecule has 5 heteroatoms. The Morgan fingerprint density at radius 3 is 2.63 bits per heavy atom. The number of hydrogen-bond donors (Lipinski definition) is 1. The zero-order chi connectivity index (χ0) is 14.0. The quantitative estimate of drug-likeness (QED) is 0.901. The van der Waals surface area contributed by atoms with Gasteiger partial charge < -0.3 is 5.32 Å². The third-order valence-corrected chi connectivity index (χ3v) is 4.42. The van der Waals surface area contributed by atoms with Crippen molar-refractivity contribution in [3.05, 3.63) is 5.82 Å². The Morgan fingerprint density at radius 2 is 2.05 bits per heavy atom. The van der Waals surface area contributed by atoms with Gasteiger partial charge in [-0.15, -0.1) is 0 Å². The molecular formula is C14H26N4S. The highest BCUT2D eigenvalue weighted by Crippen LogP contribution is 2.23. The first-order chi connectivity index (χ1) is 8.95. The number of rotatable bonds is 5. The van der Waals surface area contributed by atoms with Crippen LogP contribution in [0.4, 0.5) is 5.13 Å². The van der Waals surface area contributed by atoms with E-state index in [2.05, 4.69) is 54.2 Å². The van der Waals surface area contributed by atoms with Crippen LogP contribution in [0.5, 0.6) is 0 Å². The van der Waals surface area contributed by atoms with Gasteiger partial charge in [0.1, 0.15) is 5.82 Å². The Balaban J connectivity index is 1.92. The van der Waals surface area contributed by atoms with Gasteiger partial charge >= 0.3 is 0 Å². The minimum absolute atomic E-state index is 0.502. The van der Waals surface area contributed by atoms with Crippen LogP contribution in [0.2, 0.25) is 0 Å². The van der Waals surface area contributed by atoms with Crippen molar-refractivity contribution >= 4 is 16.7 Å². The Morgan fingerprint density at radius 1 is 1.32 bits per heavy atom. The molecular weight excluding hydrogens is 256 g/mol. The predicted octanol–water partition coefficient (Wildman–Crippen LogP) is 2.88. The minimum atomic E-state index is 0.502. The van der Waals surface area contributed by atoms with E-state index in [4.69, 9.17) is 0 Å². The van der Waals surface area contributed by atoms with Crippen molar-refractivity contribution in [2.45, 2.75) is 53.1 Å². The van der Waals surface area contributed by atoms with Gasteiger partial charge in [0.2, 0.25) is 5.13 Å². The normalized spacial score (nSPS) is 24.6. The third kappa shape index (κ3) is 3.89. The zero-order valence-electron chi connectivity index (χ0n) is 12.7. The van der Waals surface area contributed by atoms with Gasteiger partial charge in [-0.3, -0.25) is 4.90 Å². The molecule has 1 fully saturated rings. The average Bonchev–Trinajstić information content (AvgIpc) is 2.87. The monoisotopic (exact) mass is 282 g/mol. The number of aromatic nitrogens is 2. The summed E-state index contributed by atoms with van der Waals surface area (Å²) in [6, 6.07) is 1.13. The third-order valence-electron chi connectivity index (χ3n) is 3.74. The van der Waals surface area contributed by atoms with E-state index < -0.39 is 0 Å². The van der Waals surface area contributed by atoms with E-state index in [1.165, 1.54) is 18.1 Å². The molecule has 1 aromatic rings. The largest absolute Gasteiger partial charge is 0.356 e. The number of hydrogen-bond acceptors (Lipinski definition) is 5. The first-order valence-electron chi connectivity index (χ1n) is 7.29. The summed E-state index contributed by atoms with van der Waals surface area (Å²) < 4.78 is 4.43. The molecule has 0 saturated carbocycles. The molecule has 1 aliphatic heterocycles. The molecule has 0 spiro atoms. The lowest BCUT2D eigenvalue weighted by atomic mass is 10.1. The predicted molar refractivity (Wildman–Crippen MR) is 81.7 cm³/mol. The van der Waals surface area contributed by atoms with Crippen molar-refractivity contribution in [3.8, 4) is 0 Å². The summed E-state index contributed by atoms with van der Waals surface area (Å²) in [4.78, 5) is 7.12. The van der Waals surface area contributed by atoms with Crippen LogP contribution in [-0.2, 0) is 6.42 Å². The molecule has 108 valence electrons. The summed E-state index contributed by atoms with van der Waals surface area (Å²) in [5.41, 5.74) is 0. The van der Waals surface area contributed by atoms with Crippen LogP contribution in [0, 0.1) is 11.8 Å². The number of likely N-dealkylation sites (tertiary alicyclic amines) is 1. The highest BCUT2D eigenvalue weighted by molar-refractivity contribution is 7.09. The second kappa shape index (κ2) is 6.18. The van der Waals surface area contributed by atoms with E-state index >= 15 is 0 Å².